The molecule has 0 saturated heterocycles. The summed E-state index contributed by atoms with van der Waals surface area (Å²) in [7, 11) is 11.1. The Hall–Kier alpha value is -4.40. The first-order valence-electron chi connectivity index (χ1n) is 15.9. The van der Waals surface area contributed by atoms with E-state index < -0.39 is 0 Å². The molecule has 0 N–H and O–H groups in total. The number of hydrogen-bond donors (Lipinski definition) is 0. The van der Waals surface area contributed by atoms with E-state index in [2.05, 4.69) is 66.4 Å². The second-order valence-corrected chi connectivity index (χ2v) is 12.5. The highest BCUT2D eigenvalue weighted by atomic mass is 16.5. The van der Waals surface area contributed by atoms with Gasteiger partial charge in [0.2, 0.25) is 5.75 Å². The second-order valence-electron chi connectivity index (χ2n) is 12.5. The van der Waals surface area contributed by atoms with Gasteiger partial charge in [0, 0.05) is 30.7 Å². The highest BCUT2D eigenvalue weighted by molar-refractivity contribution is 5.64. The predicted molar refractivity (Wildman–Crippen MR) is 178 cm³/mol. The van der Waals surface area contributed by atoms with Crippen LogP contribution in [0.15, 0.2) is 60.7 Å². The maximum Gasteiger partial charge on any atom is 0.204 e. The van der Waals surface area contributed by atoms with E-state index in [4.69, 9.17) is 28.4 Å². The largest absolute Gasteiger partial charge is 0.493 e. The third-order valence-corrected chi connectivity index (χ3v) is 9.85. The number of fused-ring (bicyclic) bond motifs is 2. The summed E-state index contributed by atoms with van der Waals surface area (Å²) in [5, 5.41) is 0. The number of benzene rings is 4. The summed E-state index contributed by atoms with van der Waals surface area (Å²) >= 11 is 0. The van der Waals surface area contributed by atoms with Gasteiger partial charge in [0.05, 0.1) is 28.4 Å². The first-order valence-corrected chi connectivity index (χ1v) is 15.9. The van der Waals surface area contributed by atoms with Crippen molar-refractivity contribution in [3.05, 3.63) is 94.0 Å². The average molecular weight is 623 g/mol. The van der Waals surface area contributed by atoms with E-state index in [9.17, 15) is 0 Å². The number of likely N-dealkylation sites (N-methyl/N-ethyl adjacent to an activating group) is 2. The van der Waals surface area contributed by atoms with Gasteiger partial charge in [-0.15, -0.1) is 0 Å². The Kier molecular flexibility index (Phi) is 8.17. The molecule has 8 rings (SSSR count). The van der Waals surface area contributed by atoms with Crippen molar-refractivity contribution in [2.45, 2.75) is 37.8 Å². The molecule has 8 heteroatoms. The standard InChI is InChI=1S/C38H42N2O6/c1-39-15-13-25-20-32(42-4)34-22-28(25)29(39)17-23-7-10-27(11-8-23)45-33-19-24(9-12-31(33)41-3)18-30-36-26(14-16-40(30)2)21-35(43-5)37(44-6)38(36)46-34/h7-12,19-22,29-30H,13-18H2,1-6H3/t29-,30?/m0/s1. The molecule has 1 unspecified atom stereocenters. The van der Waals surface area contributed by atoms with Crippen molar-refractivity contribution < 1.29 is 28.4 Å². The van der Waals surface area contributed by atoms with E-state index in [1.807, 2.05) is 18.2 Å². The molecule has 0 amide bonds. The SMILES string of the molecule is COc1ccc2cc1Oc1ccc(cc1)C[C@H]1c3cc(c(OC)cc3CCN1C)Oc1c(OC)c(OC)cc3c1C(C2)N(C)CC3. The van der Waals surface area contributed by atoms with Gasteiger partial charge in [-0.3, -0.25) is 9.80 Å². The molecule has 6 bridgehead atoms. The number of hydrogen-bond acceptors (Lipinski definition) is 8. The maximum atomic E-state index is 7.03. The van der Waals surface area contributed by atoms with Crippen molar-refractivity contribution in [1.29, 1.82) is 0 Å². The molecule has 2 atom stereocenters. The highest BCUT2D eigenvalue weighted by Crippen LogP contribution is 2.52. The first kappa shape index (κ1) is 30.3. The third-order valence-electron chi connectivity index (χ3n) is 9.85. The fourth-order valence-electron chi connectivity index (χ4n) is 7.28. The molecule has 0 spiro atoms. The summed E-state index contributed by atoms with van der Waals surface area (Å²) in [5.41, 5.74) is 7.15. The van der Waals surface area contributed by atoms with Crippen molar-refractivity contribution in [1.82, 2.24) is 9.80 Å². The fraction of sp³-hybridized carbons (Fsp3) is 0.368. The Balaban J connectivity index is 1.47. The Bertz CT molecular complexity index is 1750. The minimum atomic E-state index is 0.000437. The van der Waals surface area contributed by atoms with Crippen molar-refractivity contribution in [3.8, 4) is 46.0 Å². The van der Waals surface area contributed by atoms with Crippen LogP contribution in [0.5, 0.6) is 46.0 Å². The number of rotatable bonds is 4. The van der Waals surface area contributed by atoms with Crippen LogP contribution >= 0.6 is 0 Å². The lowest BCUT2D eigenvalue weighted by atomic mass is 9.87. The van der Waals surface area contributed by atoms with Gasteiger partial charge in [-0.2, -0.15) is 0 Å². The lowest BCUT2D eigenvalue weighted by Gasteiger charge is -2.37. The van der Waals surface area contributed by atoms with E-state index in [1.54, 1.807) is 28.4 Å². The van der Waals surface area contributed by atoms with E-state index in [0.717, 1.165) is 55.6 Å². The van der Waals surface area contributed by atoms with Gasteiger partial charge >= 0.3 is 0 Å². The van der Waals surface area contributed by atoms with Crippen molar-refractivity contribution in [3.63, 3.8) is 0 Å². The molecule has 46 heavy (non-hydrogen) atoms. The monoisotopic (exact) mass is 622 g/mol. The van der Waals surface area contributed by atoms with Gasteiger partial charge in [-0.25, -0.2) is 0 Å². The van der Waals surface area contributed by atoms with Crippen LogP contribution in [0.3, 0.4) is 0 Å². The van der Waals surface area contributed by atoms with Crippen LogP contribution < -0.4 is 28.4 Å². The molecule has 0 aromatic heterocycles. The number of ether oxygens (including phenoxy) is 6. The summed E-state index contributed by atoms with van der Waals surface area (Å²) in [6.07, 6.45) is 3.37. The van der Waals surface area contributed by atoms with Gasteiger partial charge in [0.1, 0.15) is 5.75 Å². The molecule has 240 valence electrons. The third kappa shape index (κ3) is 5.39. The Morgan fingerprint density at radius 2 is 1.24 bits per heavy atom. The van der Waals surface area contributed by atoms with Crippen LogP contribution in [0.25, 0.3) is 0 Å². The van der Waals surface area contributed by atoms with Crippen LogP contribution in [-0.2, 0) is 25.7 Å². The van der Waals surface area contributed by atoms with E-state index in [0.29, 0.717) is 40.2 Å². The molecule has 4 aliphatic rings. The quantitative estimate of drug-likeness (QED) is 0.238. The average Bonchev–Trinajstić information content (AvgIpc) is 3.07. The zero-order chi connectivity index (χ0) is 31.9. The van der Waals surface area contributed by atoms with E-state index >= 15 is 0 Å². The molecule has 4 aliphatic heterocycles. The summed E-state index contributed by atoms with van der Waals surface area (Å²) in [6.45, 7) is 1.86. The zero-order valence-electron chi connectivity index (χ0n) is 27.5. The zero-order valence-corrected chi connectivity index (χ0v) is 27.5. The van der Waals surface area contributed by atoms with Gasteiger partial charge < -0.3 is 28.4 Å². The van der Waals surface area contributed by atoms with Crippen LogP contribution in [0, 0.1) is 0 Å². The highest BCUT2D eigenvalue weighted by Gasteiger charge is 2.34. The van der Waals surface area contributed by atoms with Gasteiger partial charge in [-0.1, -0.05) is 18.2 Å². The Morgan fingerprint density at radius 1 is 0.609 bits per heavy atom. The Morgan fingerprint density at radius 3 is 1.96 bits per heavy atom. The van der Waals surface area contributed by atoms with Crippen LogP contribution in [0.4, 0.5) is 0 Å². The molecule has 4 aromatic rings. The van der Waals surface area contributed by atoms with Crippen molar-refractivity contribution in [2.24, 2.45) is 0 Å². The molecule has 0 saturated carbocycles. The number of nitrogens with zero attached hydrogens (tertiary/aromatic N) is 2. The van der Waals surface area contributed by atoms with E-state index in [-0.39, 0.29) is 12.1 Å². The van der Waals surface area contributed by atoms with Crippen LogP contribution in [0.1, 0.15) is 45.5 Å². The predicted octanol–water partition coefficient (Wildman–Crippen LogP) is 7.16. The van der Waals surface area contributed by atoms with Crippen LogP contribution in [-0.4, -0.2) is 65.4 Å². The minimum absolute atomic E-state index is 0.000437. The maximum absolute atomic E-state index is 7.03. The molecule has 0 fully saturated rings. The summed E-state index contributed by atoms with van der Waals surface area (Å²) < 4.78 is 37.1. The topological polar surface area (TPSA) is 61.9 Å². The lowest BCUT2D eigenvalue weighted by Crippen LogP contribution is -2.34. The van der Waals surface area contributed by atoms with Gasteiger partial charge in [0.15, 0.2) is 34.5 Å². The second kappa shape index (κ2) is 12.4. The van der Waals surface area contributed by atoms with Crippen molar-refractivity contribution in [2.75, 3.05) is 55.6 Å². The number of methoxy groups -OCH3 is 4. The molecular formula is C38H42N2O6. The molecule has 0 aliphatic carbocycles. The smallest absolute Gasteiger partial charge is 0.204 e. The normalized spacial score (nSPS) is 19.2. The van der Waals surface area contributed by atoms with Gasteiger partial charge in [-0.05, 0) is 110 Å². The summed E-state index contributed by atoms with van der Waals surface area (Å²) in [5.74, 6) is 5.41. The molecular weight excluding hydrogens is 580 g/mol. The lowest BCUT2D eigenvalue weighted by molar-refractivity contribution is 0.220. The van der Waals surface area contributed by atoms with Crippen LogP contribution in [0.2, 0.25) is 0 Å². The van der Waals surface area contributed by atoms with Crippen molar-refractivity contribution >= 4 is 0 Å². The molecule has 4 heterocycles. The van der Waals surface area contributed by atoms with E-state index in [1.165, 1.54) is 22.3 Å². The fourth-order valence-corrected chi connectivity index (χ4v) is 7.28. The van der Waals surface area contributed by atoms with Gasteiger partial charge in [0.25, 0.3) is 0 Å². The molecule has 4 aromatic carbocycles. The molecule has 0 radical (unpaired) electrons. The Labute approximate surface area is 271 Å². The first-order chi connectivity index (χ1) is 22.4. The minimum Gasteiger partial charge on any atom is -0.493 e. The summed E-state index contributed by atoms with van der Waals surface area (Å²) in [6, 6.07) is 21.2. The summed E-state index contributed by atoms with van der Waals surface area (Å²) in [4.78, 5) is 4.81. The molecule has 8 nitrogen and oxygen atoms in total.